The van der Waals surface area contributed by atoms with Crippen LogP contribution in [0, 0.1) is 0 Å². The van der Waals surface area contributed by atoms with Gasteiger partial charge in [-0.2, -0.15) is 0 Å². The molecule has 2 aromatic rings. The Kier molecular flexibility index (Phi) is 7.43. The average Bonchev–Trinajstić information content (AvgIpc) is 2.62. The summed E-state index contributed by atoms with van der Waals surface area (Å²) >= 11 is 0. The van der Waals surface area contributed by atoms with E-state index >= 15 is 0 Å². The van der Waals surface area contributed by atoms with Crippen LogP contribution in [0.3, 0.4) is 0 Å². The molecule has 2 aromatic carbocycles. The van der Waals surface area contributed by atoms with Gasteiger partial charge in [-0.3, -0.25) is 9.59 Å². The fourth-order valence-corrected chi connectivity index (χ4v) is 2.32. The lowest BCUT2D eigenvalue weighted by Crippen LogP contribution is -2.11. The summed E-state index contributed by atoms with van der Waals surface area (Å²) in [4.78, 5) is 23.7. The van der Waals surface area contributed by atoms with Gasteiger partial charge in [-0.05, 0) is 55.3 Å². The topological polar surface area (TPSA) is 67.4 Å². The molecule has 0 radical (unpaired) electrons. The van der Waals surface area contributed by atoms with Gasteiger partial charge in [-0.25, -0.2) is 0 Å². The molecule has 0 saturated carbocycles. The van der Waals surface area contributed by atoms with Crippen molar-refractivity contribution in [3.8, 4) is 5.75 Å². The molecule has 2 amide bonds. The van der Waals surface area contributed by atoms with E-state index in [0.717, 1.165) is 17.7 Å². The molecular weight excluding hydrogens is 328 g/mol. The van der Waals surface area contributed by atoms with E-state index in [4.69, 9.17) is 4.74 Å². The Morgan fingerprint density at radius 1 is 1.00 bits per heavy atom. The molecule has 0 atom stereocenters. The summed E-state index contributed by atoms with van der Waals surface area (Å²) in [6.45, 7) is 4.50. The molecular formula is C21H24N2O3. The van der Waals surface area contributed by atoms with Crippen LogP contribution in [0.25, 0.3) is 6.08 Å². The molecule has 0 heterocycles. The minimum Gasteiger partial charge on any atom is -0.494 e. The summed E-state index contributed by atoms with van der Waals surface area (Å²) in [6, 6.07) is 14.6. The molecule has 0 fully saturated rings. The lowest BCUT2D eigenvalue weighted by Gasteiger charge is -2.07. The first kappa shape index (κ1) is 19.2. The summed E-state index contributed by atoms with van der Waals surface area (Å²) in [6.07, 6.45) is 4.47. The lowest BCUT2D eigenvalue weighted by molar-refractivity contribution is -0.116. The van der Waals surface area contributed by atoms with E-state index in [9.17, 15) is 9.59 Å². The summed E-state index contributed by atoms with van der Waals surface area (Å²) in [5, 5.41) is 5.60. The van der Waals surface area contributed by atoms with Crippen LogP contribution in [0.1, 0.15) is 32.3 Å². The van der Waals surface area contributed by atoms with Crippen LogP contribution >= 0.6 is 0 Å². The van der Waals surface area contributed by atoms with Gasteiger partial charge in [0.15, 0.2) is 0 Å². The van der Waals surface area contributed by atoms with E-state index in [-0.39, 0.29) is 11.8 Å². The Morgan fingerprint density at radius 2 is 1.69 bits per heavy atom. The summed E-state index contributed by atoms with van der Waals surface area (Å²) in [7, 11) is 0. The molecule has 2 rings (SSSR count). The highest BCUT2D eigenvalue weighted by molar-refractivity contribution is 6.02. The van der Waals surface area contributed by atoms with Crippen molar-refractivity contribution in [2.75, 3.05) is 17.2 Å². The van der Waals surface area contributed by atoms with Gasteiger partial charge in [0.25, 0.3) is 0 Å². The van der Waals surface area contributed by atoms with Crippen LogP contribution < -0.4 is 15.4 Å². The van der Waals surface area contributed by atoms with Crippen molar-refractivity contribution >= 4 is 29.3 Å². The SMILES string of the molecule is CCCC(=O)Nc1cccc(NC(=O)/C=C/c2ccc(OCC)cc2)c1. The number of ether oxygens (including phenoxy) is 1. The number of benzene rings is 2. The Hall–Kier alpha value is -3.08. The number of hydrogen-bond donors (Lipinski definition) is 2. The average molecular weight is 352 g/mol. The van der Waals surface area contributed by atoms with Gasteiger partial charge in [-0.15, -0.1) is 0 Å². The summed E-state index contributed by atoms with van der Waals surface area (Å²) in [5.74, 6) is 0.526. The molecule has 5 nitrogen and oxygen atoms in total. The fraction of sp³-hybridized carbons (Fsp3) is 0.238. The van der Waals surface area contributed by atoms with Crippen LogP contribution in [0.15, 0.2) is 54.6 Å². The van der Waals surface area contributed by atoms with Crippen LogP contribution in [-0.2, 0) is 9.59 Å². The van der Waals surface area contributed by atoms with Crippen molar-refractivity contribution in [1.82, 2.24) is 0 Å². The highest BCUT2D eigenvalue weighted by atomic mass is 16.5. The molecule has 5 heteroatoms. The standard InChI is InChI=1S/C21H24N2O3/c1-3-6-20(24)22-17-7-5-8-18(15-17)23-21(25)14-11-16-9-12-19(13-10-16)26-4-2/h5,7-15H,3-4,6H2,1-2H3,(H,22,24)(H,23,25)/b14-11+. The molecule has 0 aliphatic heterocycles. The fourth-order valence-electron chi connectivity index (χ4n) is 2.32. The maximum absolute atomic E-state index is 12.1. The summed E-state index contributed by atoms with van der Waals surface area (Å²) in [5.41, 5.74) is 2.20. The van der Waals surface area contributed by atoms with Gasteiger partial charge in [0.1, 0.15) is 5.75 Å². The zero-order chi connectivity index (χ0) is 18.8. The quantitative estimate of drug-likeness (QED) is 0.689. The number of rotatable bonds is 8. The minimum absolute atomic E-state index is 0.0358. The number of hydrogen-bond acceptors (Lipinski definition) is 3. The van der Waals surface area contributed by atoms with Gasteiger partial charge >= 0.3 is 0 Å². The molecule has 0 aliphatic carbocycles. The minimum atomic E-state index is -0.240. The maximum atomic E-state index is 12.1. The van der Waals surface area contributed by atoms with E-state index < -0.39 is 0 Å². The first-order valence-electron chi connectivity index (χ1n) is 8.72. The molecule has 0 bridgehead atoms. The largest absolute Gasteiger partial charge is 0.494 e. The second-order valence-electron chi connectivity index (χ2n) is 5.70. The van der Waals surface area contributed by atoms with Crippen LogP contribution in [0.4, 0.5) is 11.4 Å². The third-order valence-electron chi connectivity index (χ3n) is 3.51. The van der Waals surface area contributed by atoms with E-state index in [1.54, 1.807) is 30.3 Å². The van der Waals surface area contributed by atoms with Crippen LogP contribution in [0.5, 0.6) is 5.75 Å². The zero-order valence-corrected chi connectivity index (χ0v) is 15.1. The van der Waals surface area contributed by atoms with Gasteiger partial charge in [0.05, 0.1) is 6.61 Å². The van der Waals surface area contributed by atoms with Gasteiger partial charge in [0, 0.05) is 23.9 Å². The molecule has 0 aromatic heterocycles. The van der Waals surface area contributed by atoms with E-state index in [2.05, 4.69) is 10.6 Å². The zero-order valence-electron chi connectivity index (χ0n) is 15.1. The Labute approximate surface area is 154 Å². The molecule has 0 saturated heterocycles. The summed E-state index contributed by atoms with van der Waals surface area (Å²) < 4.78 is 5.39. The Balaban J connectivity index is 1.93. The van der Waals surface area contributed by atoms with Crippen molar-refractivity contribution in [1.29, 1.82) is 0 Å². The molecule has 26 heavy (non-hydrogen) atoms. The first-order chi connectivity index (χ1) is 12.6. The third-order valence-corrected chi connectivity index (χ3v) is 3.51. The highest BCUT2D eigenvalue weighted by Crippen LogP contribution is 2.16. The first-order valence-corrected chi connectivity index (χ1v) is 8.72. The number of carbonyl (C=O) groups is 2. The number of nitrogens with one attached hydrogen (secondary N) is 2. The molecule has 2 N–H and O–H groups in total. The molecule has 0 spiro atoms. The Morgan fingerprint density at radius 3 is 2.35 bits per heavy atom. The van der Waals surface area contributed by atoms with Crippen LogP contribution in [-0.4, -0.2) is 18.4 Å². The predicted octanol–water partition coefficient (Wildman–Crippen LogP) is 4.48. The second-order valence-corrected chi connectivity index (χ2v) is 5.70. The van der Waals surface area contributed by atoms with Crippen molar-refractivity contribution in [3.05, 3.63) is 60.2 Å². The monoisotopic (exact) mass is 352 g/mol. The maximum Gasteiger partial charge on any atom is 0.248 e. The van der Waals surface area contributed by atoms with Crippen molar-refractivity contribution < 1.29 is 14.3 Å². The smallest absolute Gasteiger partial charge is 0.248 e. The molecule has 136 valence electrons. The number of amides is 2. The highest BCUT2D eigenvalue weighted by Gasteiger charge is 2.03. The van der Waals surface area contributed by atoms with Gasteiger partial charge < -0.3 is 15.4 Å². The number of anilines is 2. The van der Waals surface area contributed by atoms with E-state index in [0.29, 0.717) is 24.4 Å². The van der Waals surface area contributed by atoms with E-state index in [1.807, 2.05) is 38.1 Å². The van der Waals surface area contributed by atoms with Crippen molar-refractivity contribution in [2.45, 2.75) is 26.7 Å². The van der Waals surface area contributed by atoms with Crippen molar-refractivity contribution in [3.63, 3.8) is 0 Å². The lowest BCUT2D eigenvalue weighted by atomic mass is 10.2. The van der Waals surface area contributed by atoms with Crippen molar-refractivity contribution in [2.24, 2.45) is 0 Å². The molecule has 0 aliphatic rings. The van der Waals surface area contributed by atoms with Crippen LogP contribution in [0.2, 0.25) is 0 Å². The van der Waals surface area contributed by atoms with Gasteiger partial charge in [-0.1, -0.05) is 25.1 Å². The third kappa shape index (κ3) is 6.43. The Bertz CT molecular complexity index is 767. The normalized spacial score (nSPS) is 10.5. The number of carbonyl (C=O) groups excluding carboxylic acids is 2. The van der Waals surface area contributed by atoms with E-state index in [1.165, 1.54) is 6.08 Å². The molecule has 0 unspecified atom stereocenters. The second kappa shape index (κ2) is 10.0. The predicted molar refractivity (Wildman–Crippen MR) is 105 cm³/mol. The van der Waals surface area contributed by atoms with Gasteiger partial charge in [0.2, 0.25) is 11.8 Å².